The average molecular weight is 419 g/mol. The molecule has 2 aromatic rings. The molecule has 0 spiro atoms. The first-order valence-corrected chi connectivity index (χ1v) is 10.1. The maximum absolute atomic E-state index is 13.4. The zero-order valence-corrected chi connectivity index (χ0v) is 17.5. The van der Waals surface area contributed by atoms with E-state index in [9.17, 15) is 14.0 Å². The van der Waals surface area contributed by atoms with Crippen LogP contribution in [0.5, 0.6) is 0 Å². The predicted molar refractivity (Wildman–Crippen MR) is 114 cm³/mol. The molecule has 2 unspecified atom stereocenters. The first-order chi connectivity index (χ1) is 14.8. The zero-order chi connectivity index (χ0) is 21.9. The van der Waals surface area contributed by atoms with Crippen LogP contribution in [-0.4, -0.2) is 51.9 Å². The molecule has 2 atom stereocenters. The number of rotatable bonds is 3. The van der Waals surface area contributed by atoms with Gasteiger partial charge in [0.1, 0.15) is 5.82 Å². The molecule has 31 heavy (non-hydrogen) atoms. The topological polar surface area (TPSA) is 59.5 Å². The zero-order valence-electron chi connectivity index (χ0n) is 17.5. The van der Waals surface area contributed by atoms with E-state index >= 15 is 0 Å². The number of halogens is 1. The van der Waals surface area contributed by atoms with Gasteiger partial charge in [-0.2, -0.15) is 0 Å². The van der Waals surface area contributed by atoms with Gasteiger partial charge < -0.3 is 9.80 Å². The molecule has 158 valence electrons. The molecule has 5 rings (SSSR count). The second kappa shape index (κ2) is 6.94. The summed E-state index contributed by atoms with van der Waals surface area (Å²) in [5, 5.41) is 0. The molecule has 3 aliphatic rings. The third kappa shape index (κ3) is 2.98. The molecular formula is C23H22FN5O2. The molecule has 3 aliphatic heterocycles. The standard InChI is InChI=1S/C23H22FN5O2/c1-14-4-6-16(7-5-14)13-28-21(30)19-20(26(3)23(28)31)25-22-27(19)12-15(2)29(22)18-10-8-17(24)9-11-18/h4-12,19-20H,13H2,1-3H3. The highest BCUT2D eigenvalue weighted by atomic mass is 19.1. The number of amides is 3. The quantitative estimate of drug-likeness (QED) is 0.766. The number of nitrogens with zero attached hydrogens (tertiary/aromatic N) is 5. The number of likely N-dealkylation sites (N-methyl/N-ethyl adjacent to an activating group) is 1. The van der Waals surface area contributed by atoms with Gasteiger partial charge in [0.25, 0.3) is 5.91 Å². The van der Waals surface area contributed by atoms with Crippen molar-refractivity contribution in [2.45, 2.75) is 32.6 Å². The molecule has 1 fully saturated rings. The van der Waals surface area contributed by atoms with Gasteiger partial charge in [-0.25, -0.2) is 14.2 Å². The summed E-state index contributed by atoms with van der Waals surface area (Å²) in [7, 11) is 1.67. The average Bonchev–Trinajstić information content (AvgIpc) is 3.26. The number of anilines is 1. The van der Waals surface area contributed by atoms with E-state index in [0.29, 0.717) is 5.96 Å². The number of aryl methyl sites for hydroxylation is 1. The smallest absolute Gasteiger partial charge is 0.302 e. The maximum atomic E-state index is 13.4. The number of guanidine groups is 1. The fourth-order valence-corrected chi connectivity index (χ4v) is 4.28. The van der Waals surface area contributed by atoms with Crippen molar-refractivity contribution in [2.75, 3.05) is 11.9 Å². The monoisotopic (exact) mass is 419 g/mol. The summed E-state index contributed by atoms with van der Waals surface area (Å²) in [5.41, 5.74) is 3.61. The first kappa shape index (κ1) is 19.3. The normalized spacial score (nSPS) is 22.6. The van der Waals surface area contributed by atoms with Crippen molar-refractivity contribution >= 4 is 23.6 Å². The van der Waals surface area contributed by atoms with Gasteiger partial charge in [-0.3, -0.25) is 14.6 Å². The van der Waals surface area contributed by atoms with Crippen molar-refractivity contribution in [1.29, 1.82) is 0 Å². The van der Waals surface area contributed by atoms with Crippen LogP contribution in [0.4, 0.5) is 14.9 Å². The largest absolute Gasteiger partial charge is 0.328 e. The second-order valence-corrected chi connectivity index (χ2v) is 8.08. The van der Waals surface area contributed by atoms with Gasteiger partial charge in [0, 0.05) is 24.6 Å². The van der Waals surface area contributed by atoms with E-state index in [1.54, 1.807) is 19.2 Å². The minimum Gasteiger partial charge on any atom is -0.302 e. The minimum absolute atomic E-state index is 0.207. The van der Waals surface area contributed by atoms with E-state index in [-0.39, 0.29) is 24.3 Å². The van der Waals surface area contributed by atoms with E-state index in [1.165, 1.54) is 21.9 Å². The highest BCUT2D eigenvalue weighted by Gasteiger charge is 2.54. The van der Waals surface area contributed by atoms with E-state index in [2.05, 4.69) is 0 Å². The van der Waals surface area contributed by atoms with Crippen LogP contribution in [0.1, 0.15) is 18.1 Å². The van der Waals surface area contributed by atoms with Gasteiger partial charge in [0.15, 0.2) is 12.2 Å². The molecule has 2 aromatic carbocycles. The van der Waals surface area contributed by atoms with Crippen molar-refractivity contribution in [2.24, 2.45) is 4.99 Å². The summed E-state index contributed by atoms with van der Waals surface area (Å²) in [5.74, 6) is -0.0440. The summed E-state index contributed by atoms with van der Waals surface area (Å²) >= 11 is 0. The van der Waals surface area contributed by atoms with E-state index in [1.807, 2.05) is 54.1 Å². The number of aliphatic imine (C=N–C) groups is 1. The van der Waals surface area contributed by atoms with Crippen LogP contribution in [0.2, 0.25) is 0 Å². The van der Waals surface area contributed by atoms with Crippen molar-refractivity contribution in [1.82, 2.24) is 14.7 Å². The molecule has 7 nitrogen and oxygen atoms in total. The Morgan fingerprint density at radius 1 is 1.00 bits per heavy atom. The molecule has 3 amide bonds. The highest BCUT2D eigenvalue weighted by molar-refractivity contribution is 6.09. The van der Waals surface area contributed by atoms with Crippen molar-refractivity contribution in [3.05, 3.63) is 77.4 Å². The number of hydrogen-bond donors (Lipinski definition) is 0. The molecule has 0 aliphatic carbocycles. The molecular weight excluding hydrogens is 397 g/mol. The molecule has 8 heteroatoms. The van der Waals surface area contributed by atoms with Crippen molar-refractivity contribution in [3.8, 4) is 0 Å². The highest BCUT2D eigenvalue weighted by Crippen LogP contribution is 2.36. The van der Waals surface area contributed by atoms with Crippen LogP contribution >= 0.6 is 0 Å². The summed E-state index contributed by atoms with van der Waals surface area (Å²) < 4.78 is 13.4. The van der Waals surface area contributed by atoms with Gasteiger partial charge in [-0.05, 0) is 43.7 Å². The van der Waals surface area contributed by atoms with E-state index in [4.69, 9.17) is 4.99 Å². The van der Waals surface area contributed by atoms with Crippen LogP contribution < -0.4 is 4.90 Å². The van der Waals surface area contributed by atoms with Gasteiger partial charge in [-0.15, -0.1) is 0 Å². The van der Waals surface area contributed by atoms with Gasteiger partial charge >= 0.3 is 6.03 Å². The Hall–Kier alpha value is -3.68. The van der Waals surface area contributed by atoms with E-state index in [0.717, 1.165) is 22.5 Å². The van der Waals surface area contributed by atoms with E-state index < -0.39 is 12.2 Å². The molecule has 1 saturated heterocycles. The number of imide groups is 1. The van der Waals surface area contributed by atoms with Crippen molar-refractivity contribution in [3.63, 3.8) is 0 Å². The molecule has 0 saturated carbocycles. The van der Waals surface area contributed by atoms with Gasteiger partial charge in [0.05, 0.1) is 6.54 Å². The maximum Gasteiger partial charge on any atom is 0.328 e. The molecule has 0 aromatic heterocycles. The Kier molecular flexibility index (Phi) is 4.32. The third-order valence-electron chi connectivity index (χ3n) is 5.93. The number of fused-ring (bicyclic) bond motifs is 3. The van der Waals surface area contributed by atoms with Crippen LogP contribution in [0.15, 0.2) is 65.4 Å². The number of carbonyl (C=O) groups excluding carboxylic acids is 2. The molecule has 0 N–H and O–H groups in total. The lowest BCUT2D eigenvalue weighted by Gasteiger charge is -2.40. The van der Waals surface area contributed by atoms with Crippen LogP contribution in [-0.2, 0) is 11.3 Å². The number of hydrogen-bond acceptors (Lipinski definition) is 5. The Bertz CT molecular complexity index is 1130. The van der Waals surface area contributed by atoms with Crippen LogP contribution in [0.3, 0.4) is 0 Å². The first-order valence-electron chi connectivity index (χ1n) is 10.1. The lowest BCUT2D eigenvalue weighted by atomic mass is 10.1. The predicted octanol–water partition coefficient (Wildman–Crippen LogP) is 3.28. The van der Waals surface area contributed by atoms with Crippen LogP contribution in [0.25, 0.3) is 0 Å². The fourth-order valence-electron chi connectivity index (χ4n) is 4.28. The number of urea groups is 1. The number of carbonyl (C=O) groups is 2. The molecule has 3 heterocycles. The summed E-state index contributed by atoms with van der Waals surface area (Å²) in [6.07, 6.45) is 1.25. The lowest BCUT2D eigenvalue weighted by molar-refractivity contribution is -0.137. The number of benzene rings is 2. The minimum atomic E-state index is -0.636. The SMILES string of the molecule is CC1=CN2C(=NC3C2C(=O)N(Cc2ccc(C)cc2)C(=O)N3C)N1c1ccc(F)cc1. The lowest BCUT2D eigenvalue weighted by Crippen LogP contribution is -2.63. The van der Waals surface area contributed by atoms with Crippen molar-refractivity contribution < 1.29 is 14.0 Å². The fraction of sp³-hybridized carbons (Fsp3) is 0.261. The summed E-state index contributed by atoms with van der Waals surface area (Å²) in [4.78, 5) is 37.6. The Labute approximate surface area is 179 Å². The summed E-state index contributed by atoms with van der Waals surface area (Å²) in [6, 6.07) is 12.9. The van der Waals surface area contributed by atoms with Gasteiger partial charge in [-0.1, -0.05) is 29.8 Å². The molecule has 0 radical (unpaired) electrons. The Morgan fingerprint density at radius 2 is 1.68 bits per heavy atom. The second-order valence-electron chi connectivity index (χ2n) is 8.08. The summed E-state index contributed by atoms with van der Waals surface area (Å²) in [6.45, 7) is 4.11. The Morgan fingerprint density at radius 3 is 2.35 bits per heavy atom. The van der Waals surface area contributed by atoms with Gasteiger partial charge in [0.2, 0.25) is 5.96 Å². The Balaban J connectivity index is 1.46. The number of allylic oxidation sites excluding steroid dienone is 1. The van der Waals surface area contributed by atoms with Crippen LogP contribution in [0, 0.1) is 12.7 Å². The molecule has 0 bridgehead atoms. The third-order valence-corrected chi connectivity index (χ3v) is 5.93.